The number of amides is 1. The van der Waals surface area contributed by atoms with Gasteiger partial charge in [0.1, 0.15) is 11.9 Å². The summed E-state index contributed by atoms with van der Waals surface area (Å²) < 4.78 is 11.7. The van der Waals surface area contributed by atoms with Gasteiger partial charge in [0.15, 0.2) is 12.1 Å². The molecule has 0 aliphatic carbocycles. The molecular weight excluding hydrogens is 452 g/mol. The van der Waals surface area contributed by atoms with Gasteiger partial charge < -0.3 is 23.6 Å². The molecule has 1 fully saturated rings. The predicted octanol–water partition coefficient (Wildman–Crippen LogP) is 3.03. The summed E-state index contributed by atoms with van der Waals surface area (Å²) >= 11 is 0. The Kier molecular flexibility index (Phi) is 6.91. The van der Waals surface area contributed by atoms with Gasteiger partial charge in [0.05, 0.1) is 18.4 Å². The molecule has 1 aliphatic heterocycles. The Bertz CT molecular complexity index is 1310. The lowest BCUT2D eigenvalue weighted by Crippen LogP contribution is -2.46. The maximum Gasteiger partial charge on any atom is 0.339 e. The number of aromatic nitrogens is 3. The number of carboxylic acid groups (broad SMARTS) is 1. The van der Waals surface area contributed by atoms with E-state index in [1.807, 2.05) is 39.8 Å². The van der Waals surface area contributed by atoms with Gasteiger partial charge >= 0.3 is 5.97 Å². The summed E-state index contributed by atoms with van der Waals surface area (Å²) in [5.41, 5.74) is 3.26. The van der Waals surface area contributed by atoms with E-state index < -0.39 is 0 Å². The molecule has 35 heavy (non-hydrogen) atoms. The van der Waals surface area contributed by atoms with Gasteiger partial charge in [0.2, 0.25) is 0 Å². The second kappa shape index (κ2) is 10.2. The molecule has 1 aromatic carbocycles. The molecule has 0 atom stereocenters. The van der Waals surface area contributed by atoms with Crippen LogP contribution in [0.4, 0.5) is 0 Å². The molecule has 0 bridgehead atoms. The largest absolute Gasteiger partial charge is 0.483 e. The van der Waals surface area contributed by atoms with Crippen molar-refractivity contribution in [2.75, 3.05) is 20.2 Å². The molecule has 1 aliphatic rings. The number of imidazole rings is 1. The minimum atomic E-state index is -0.389. The zero-order valence-electron chi connectivity index (χ0n) is 19.0. The third-order valence-electron chi connectivity index (χ3n) is 6.24. The molecule has 0 radical (unpaired) electrons. The van der Waals surface area contributed by atoms with Crippen molar-refractivity contribution in [3.63, 3.8) is 0 Å². The van der Waals surface area contributed by atoms with Crippen LogP contribution in [0.5, 0.6) is 0 Å². The number of carbonyl (C=O) groups excluding carboxylic acids is 2. The molecule has 180 valence electrons. The first-order valence-electron chi connectivity index (χ1n) is 10.9. The minimum Gasteiger partial charge on any atom is -0.483 e. The first-order valence-corrected chi connectivity index (χ1v) is 10.9. The number of nitrogens with zero attached hydrogens (tertiary/aromatic N) is 4. The average Bonchev–Trinajstić information content (AvgIpc) is 3.59. The van der Waals surface area contributed by atoms with Gasteiger partial charge in [-0.25, -0.2) is 14.8 Å². The standard InChI is InChI=1S/C24H22N4O4.CH2O2/c1-31-23(30)17-7-8-21-26-20(14-28(21)13-17)24(18-5-3-2-4-6-18)9-11-27(12-10-24)22(29)19-15-32-16-25-19;2-1-3/h2-8,13-16H,9-12H2,1H3;1H,(H,2,3). The van der Waals surface area contributed by atoms with Gasteiger partial charge in [-0.15, -0.1) is 0 Å². The molecule has 0 spiro atoms. The monoisotopic (exact) mass is 476 g/mol. The van der Waals surface area contributed by atoms with Crippen molar-refractivity contribution in [3.8, 4) is 0 Å². The topological polar surface area (TPSA) is 127 Å². The summed E-state index contributed by atoms with van der Waals surface area (Å²) in [7, 11) is 1.37. The van der Waals surface area contributed by atoms with Crippen molar-refractivity contribution in [2.45, 2.75) is 18.3 Å². The molecule has 5 rings (SSSR count). The summed E-state index contributed by atoms with van der Waals surface area (Å²) in [6.45, 7) is 0.893. The fourth-order valence-electron chi connectivity index (χ4n) is 4.48. The van der Waals surface area contributed by atoms with E-state index in [1.54, 1.807) is 12.3 Å². The van der Waals surface area contributed by atoms with Crippen molar-refractivity contribution in [1.82, 2.24) is 19.3 Å². The molecular formula is C25H24N4O6. The minimum absolute atomic E-state index is 0.127. The molecule has 10 nitrogen and oxygen atoms in total. The number of pyridine rings is 1. The first-order chi connectivity index (χ1) is 17.0. The normalized spacial score (nSPS) is 14.6. The Hall–Kier alpha value is -4.47. The number of rotatable bonds is 4. The fraction of sp³-hybridized carbons (Fsp3) is 0.240. The number of methoxy groups -OCH3 is 1. The van der Waals surface area contributed by atoms with Gasteiger partial charge in [-0.2, -0.15) is 0 Å². The van der Waals surface area contributed by atoms with E-state index in [2.05, 4.69) is 17.1 Å². The van der Waals surface area contributed by atoms with Crippen LogP contribution in [-0.4, -0.2) is 62.9 Å². The highest BCUT2D eigenvalue weighted by Gasteiger charge is 2.41. The Morgan fingerprint density at radius 2 is 1.83 bits per heavy atom. The average molecular weight is 476 g/mol. The lowest BCUT2D eigenvalue weighted by Gasteiger charge is -2.41. The highest BCUT2D eigenvalue weighted by molar-refractivity contribution is 5.92. The van der Waals surface area contributed by atoms with E-state index in [1.165, 1.54) is 19.8 Å². The molecule has 0 saturated carbocycles. The molecule has 1 N–H and O–H groups in total. The molecule has 0 unspecified atom stereocenters. The molecule has 1 saturated heterocycles. The number of carbonyl (C=O) groups is 3. The number of ether oxygens (including phenoxy) is 1. The number of piperidine rings is 1. The van der Waals surface area contributed by atoms with Crippen LogP contribution in [0.25, 0.3) is 5.65 Å². The van der Waals surface area contributed by atoms with E-state index in [0.717, 1.165) is 16.9 Å². The summed E-state index contributed by atoms with van der Waals surface area (Å²) in [5.74, 6) is -0.516. The van der Waals surface area contributed by atoms with Crippen LogP contribution in [0.2, 0.25) is 0 Å². The lowest BCUT2D eigenvalue weighted by atomic mass is 9.70. The lowest BCUT2D eigenvalue weighted by molar-refractivity contribution is -0.122. The van der Waals surface area contributed by atoms with Crippen LogP contribution in [0.3, 0.4) is 0 Å². The predicted molar refractivity (Wildman–Crippen MR) is 124 cm³/mol. The zero-order valence-corrected chi connectivity index (χ0v) is 19.0. The number of esters is 1. The maximum absolute atomic E-state index is 12.8. The summed E-state index contributed by atoms with van der Waals surface area (Å²) in [6, 6.07) is 13.8. The number of benzene rings is 1. The van der Waals surface area contributed by atoms with E-state index in [4.69, 9.17) is 24.0 Å². The van der Waals surface area contributed by atoms with Crippen molar-refractivity contribution in [1.29, 1.82) is 0 Å². The molecule has 10 heteroatoms. The van der Waals surface area contributed by atoms with Gasteiger partial charge in [-0.05, 0) is 30.5 Å². The first kappa shape index (κ1) is 23.7. The SMILES string of the molecule is COC(=O)c1ccc2nc(C3(c4ccccc4)CCN(C(=O)c4cocn4)CC3)cn2c1.O=CO. The van der Waals surface area contributed by atoms with Crippen molar-refractivity contribution < 1.29 is 28.6 Å². The number of likely N-dealkylation sites (tertiary alicyclic amines) is 1. The Balaban J connectivity index is 0.000000917. The quantitative estimate of drug-likeness (QED) is 0.352. The van der Waals surface area contributed by atoms with Crippen LogP contribution in [0, 0.1) is 0 Å². The van der Waals surface area contributed by atoms with Crippen molar-refractivity contribution in [2.24, 2.45) is 0 Å². The van der Waals surface area contributed by atoms with Crippen molar-refractivity contribution in [3.05, 3.63) is 90.0 Å². The van der Waals surface area contributed by atoms with Gasteiger partial charge in [-0.3, -0.25) is 9.59 Å². The van der Waals surface area contributed by atoms with Crippen LogP contribution in [-0.2, 0) is 14.9 Å². The second-order valence-corrected chi connectivity index (χ2v) is 8.02. The molecule has 3 aromatic heterocycles. The number of fused-ring (bicyclic) bond motifs is 1. The maximum atomic E-state index is 12.8. The summed E-state index contributed by atoms with van der Waals surface area (Å²) in [4.78, 5) is 43.8. The van der Waals surface area contributed by atoms with Gasteiger partial charge in [0.25, 0.3) is 12.4 Å². The highest BCUT2D eigenvalue weighted by Crippen LogP contribution is 2.41. The van der Waals surface area contributed by atoms with Crippen LogP contribution in [0.1, 0.15) is 44.9 Å². The number of hydrogen-bond acceptors (Lipinski definition) is 7. The van der Waals surface area contributed by atoms with Crippen molar-refractivity contribution >= 4 is 24.0 Å². The Morgan fingerprint density at radius 1 is 1.11 bits per heavy atom. The summed E-state index contributed by atoms with van der Waals surface area (Å²) in [6.07, 6.45) is 7.79. The Labute approximate surface area is 200 Å². The third kappa shape index (κ3) is 4.63. The van der Waals surface area contributed by atoms with E-state index >= 15 is 0 Å². The Morgan fingerprint density at radius 3 is 2.46 bits per heavy atom. The molecule has 4 aromatic rings. The van der Waals surface area contributed by atoms with Gasteiger partial charge in [0, 0.05) is 30.9 Å². The smallest absolute Gasteiger partial charge is 0.339 e. The van der Waals surface area contributed by atoms with E-state index in [9.17, 15) is 9.59 Å². The van der Waals surface area contributed by atoms with E-state index in [-0.39, 0.29) is 23.8 Å². The van der Waals surface area contributed by atoms with E-state index in [0.29, 0.717) is 37.2 Å². The van der Waals surface area contributed by atoms with Gasteiger partial charge in [-0.1, -0.05) is 30.3 Å². The van der Waals surface area contributed by atoms with Crippen LogP contribution < -0.4 is 0 Å². The number of hydrogen-bond donors (Lipinski definition) is 1. The van der Waals surface area contributed by atoms with Crippen LogP contribution in [0.15, 0.2) is 71.9 Å². The fourth-order valence-corrected chi connectivity index (χ4v) is 4.48. The zero-order chi connectivity index (χ0) is 24.8. The second-order valence-electron chi connectivity index (χ2n) is 8.02. The molecule has 1 amide bonds. The highest BCUT2D eigenvalue weighted by atomic mass is 16.5. The molecule has 4 heterocycles. The summed E-state index contributed by atoms with van der Waals surface area (Å²) in [5, 5.41) is 6.89. The third-order valence-corrected chi connectivity index (χ3v) is 6.24. The number of oxazole rings is 1. The van der Waals surface area contributed by atoms with Crippen LogP contribution >= 0.6 is 0 Å².